The number of benzene rings is 1. The Kier molecular flexibility index (Phi) is 5.43. The number of hydrogen-bond donors (Lipinski definition) is 2. The van der Waals surface area contributed by atoms with Crippen LogP contribution in [0.3, 0.4) is 0 Å². The third-order valence-corrected chi connectivity index (χ3v) is 7.92. The molecule has 1 spiro atoms. The number of ether oxygens (including phenoxy) is 3. The molecule has 0 amide bonds. The molecule has 4 rings (SSSR count). The van der Waals surface area contributed by atoms with Crippen LogP contribution in [0.1, 0.15) is 57.3 Å². The van der Waals surface area contributed by atoms with Gasteiger partial charge >= 0.3 is 11.9 Å². The van der Waals surface area contributed by atoms with Crippen LogP contribution < -0.4 is 0 Å². The highest BCUT2D eigenvalue weighted by atomic mass is 16.6. The first-order valence-electron chi connectivity index (χ1n) is 11.0. The lowest BCUT2D eigenvalue weighted by molar-refractivity contribution is -0.286. The van der Waals surface area contributed by atoms with Gasteiger partial charge in [-0.25, -0.2) is 4.79 Å². The van der Waals surface area contributed by atoms with Crippen LogP contribution in [0.15, 0.2) is 30.3 Å². The van der Waals surface area contributed by atoms with Crippen molar-refractivity contribution in [2.45, 2.75) is 76.5 Å². The van der Waals surface area contributed by atoms with E-state index in [0.717, 1.165) is 6.42 Å². The van der Waals surface area contributed by atoms with E-state index in [1.807, 2.05) is 19.9 Å². The number of carbonyl (C=O) groups excluding carboxylic acids is 2. The molecule has 31 heavy (non-hydrogen) atoms. The second kappa shape index (κ2) is 7.57. The molecule has 2 saturated carbocycles. The van der Waals surface area contributed by atoms with Gasteiger partial charge in [-0.3, -0.25) is 4.79 Å². The maximum atomic E-state index is 13.0. The van der Waals surface area contributed by atoms with Gasteiger partial charge in [-0.1, -0.05) is 25.1 Å². The van der Waals surface area contributed by atoms with Crippen LogP contribution in [0.5, 0.6) is 0 Å². The smallest absolute Gasteiger partial charge is 0.338 e. The predicted octanol–water partition coefficient (Wildman–Crippen LogP) is 2.48. The average molecular weight is 433 g/mol. The van der Waals surface area contributed by atoms with Crippen molar-refractivity contribution in [1.82, 2.24) is 0 Å². The van der Waals surface area contributed by atoms with Gasteiger partial charge in [-0.15, -0.1) is 0 Å². The fourth-order valence-electron chi connectivity index (χ4n) is 6.42. The van der Waals surface area contributed by atoms with Crippen LogP contribution >= 0.6 is 0 Å². The molecule has 1 aromatic rings. The molecule has 1 saturated heterocycles. The fraction of sp³-hybridized carbons (Fsp3) is 0.667. The number of carbonyl (C=O) groups is 2. The Balaban J connectivity index is 1.84. The summed E-state index contributed by atoms with van der Waals surface area (Å²) in [4.78, 5) is 25.2. The molecule has 2 N–H and O–H groups in total. The number of hydrogen-bond acceptors (Lipinski definition) is 7. The van der Waals surface area contributed by atoms with Gasteiger partial charge in [-0.05, 0) is 51.2 Å². The molecule has 7 unspecified atom stereocenters. The van der Waals surface area contributed by atoms with Crippen molar-refractivity contribution in [3.05, 3.63) is 35.9 Å². The summed E-state index contributed by atoms with van der Waals surface area (Å²) >= 11 is 0. The molecule has 7 nitrogen and oxygen atoms in total. The van der Waals surface area contributed by atoms with Crippen LogP contribution in [0.25, 0.3) is 0 Å². The number of fused-ring (bicyclic) bond motifs is 1. The van der Waals surface area contributed by atoms with Crippen molar-refractivity contribution in [2.24, 2.45) is 17.3 Å². The van der Waals surface area contributed by atoms with E-state index in [-0.39, 0.29) is 11.8 Å². The quantitative estimate of drug-likeness (QED) is 0.705. The van der Waals surface area contributed by atoms with Gasteiger partial charge in [-0.2, -0.15) is 0 Å². The zero-order chi connectivity index (χ0) is 22.6. The van der Waals surface area contributed by atoms with E-state index in [1.54, 1.807) is 24.3 Å². The van der Waals surface area contributed by atoms with E-state index in [4.69, 9.17) is 14.2 Å². The number of esters is 2. The lowest BCUT2D eigenvalue weighted by Gasteiger charge is -2.61. The maximum absolute atomic E-state index is 13.0. The minimum atomic E-state index is -1.29. The van der Waals surface area contributed by atoms with Gasteiger partial charge in [0.1, 0.15) is 6.10 Å². The van der Waals surface area contributed by atoms with Crippen LogP contribution in [-0.4, -0.2) is 58.3 Å². The SMILES string of the molecule is CC(=O)OC1C(OC(=O)c2ccccc2)C2CC3(OC2(C)C)C(C)CCC(O)C13CO. The minimum Gasteiger partial charge on any atom is -0.458 e. The summed E-state index contributed by atoms with van der Waals surface area (Å²) in [5, 5.41) is 22.0. The molecular weight excluding hydrogens is 400 g/mol. The summed E-state index contributed by atoms with van der Waals surface area (Å²) in [5.74, 6) is -1.34. The Morgan fingerprint density at radius 3 is 2.45 bits per heavy atom. The van der Waals surface area contributed by atoms with Crippen LogP contribution in [0, 0.1) is 17.3 Å². The number of aliphatic hydroxyl groups excluding tert-OH is 2. The zero-order valence-electron chi connectivity index (χ0n) is 18.5. The Hall–Kier alpha value is -1.96. The second-order valence-corrected chi connectivity index (χ2v) is 9.86. The monoisotopic (exact) mass is 432 g/mol. The van der Waals surface area contributed by atoms with Gasteiger partial charge < -0.3 is 24.4 Å². The third-order valence-electron chi connectivity index (χ3n) is 7.92. The molecule has 0 aromatic heterocycles. The highest BCUT2D eigenvalue weighted by molar-refractivity contribution is 5.89. The second-order valence-electron chi connectivity index (χ2n) is 9.86. The van der Waals surface area contributed by atoms with E-state index in [2.05, 4.69) is 6.92 Å². The van der Waals surface area contributed by atoms with E-state index >= 15 is 0 Å². The first-order valence-corrected chi connectivity index (χ1v) is 11.0. The molecule has 3 fully saturated rings. The molecule has 7 atom stereocenters. The van der Waals surface area contributed by atoms with E-state index < -0.39 is 53.5 Å². The fourth-order valence-corrected chi connectivity index (χ4v) is 6.42. The van der Waals surface area contributed by atoms with Gasteiger partial charge in [0.2, 0.25) is 0 Å². The first-order chi connectivity index (χ1) is 14.6. The van der Waals surface area contributed by atoms with E-state index in [1.165, 1.54) is 6.92 Å². The molecule has 1 heterocycles. The highest BCUT2D eigenvalue weighted by Crippen LogP contribution is 2.66. The van der Waals surface area contributed by atoms with Gasteiger partial charge in [0.05, 0.1) is 34.9 Å². The summed E-state index contributed by atoms with van der Waals surface area (Å²) in [6.07, 6.45) is -1.19. The Labute approximate surface area is 182 Å². The molecular formula is C24H32O7. The zero-order valence-corrected chi connectivity index (χ0v) is 18.5. The minimum absolute atomic E-state index is 0.0242. The molecule has 0 radical (unpaired) electrons. The Morgan fingerprint density at radius 2 is 1.84 bits per heavy atom. The summed E-state index contributed by atoms with van der Waals surface area (Å²) in [6.45, 7) is 6.76. The molecule has 2 bridgehead atoms. The maximum Gasteiger partial charge on any atom is 0.338 e. The summed E-state index contributed by atoms with van der Waals surface area (Å²) in [7, 11) is 0. The average Bonchev–Trinajstić information content (AvgIpc) is 2.98. The summed E-state index contributed by atoms with van der Waals surface area (Å²) < 4.78 is 18.4. The van der Waals surface area contributed by atoms with E-state index in [0.29, 0.717) is 18.4 Å². The van der Waals surface area contributed by atoms with Crippen molar-refractivity contribution in [2.75, 3.05) is 6.61 Å². The lowest BCUT2D eigenvalue weighted by Crippen LogP contribution is -2.73. The summed E-state index contributed by atoms with van der Waals surface area (Å²) in [6, 6.07) is 8.62. The van der Waals surface area contributed by atoms with Gasteiger partial charge in [0.15, 0.2) is 6.10 Å². The first kappa shape index (κ1) is 22.2. The lowest BCUT2D eigenvalue weighted by atomic mass is 9.49. The number of aliphatic hydroxyl groups is 2. The topological polar surface area (TPSA) is 102 Å². The van der Waals surface area contributed by atoms with Crippen molar-refractivity contribution in [1.29, 1.82) is 0 Å². The van der Waals surface area contributed by atoms with Crippen molar-refractivity contribution >= 4 is 11.9 Å². The van der Waals surface area contributed by atoms with Crippen molar-refractivity contribution in [3.63, 3.8) is 0 Å². The highest BCUT2D eigenvalue weighted by Gasteiger charge is 2.77. The standard InChI is InChI=1S/C24H32O7/c1-14-10-11-18(27)23(13-25)20(29-15(2)26)19(17-12-24(14,23)31-22(17,3)4)30-21(28)16-8-6-5-7-9-16/h5-9,14,17-20,25,27H,10-13H2,1-4H3. The third kappa shape index (κ3) is 3.12. The number of rotatable bonds is 4. The molecule has 170 valence electrons. The molecule has 7 heteroatoms. The van der Waals surface area contributed by atoms with Crippen molar-refractivity contribution < 1.29 is 34.0 Å². The molecule has 2 aliphatic carbocycles. The van der Waals surface area contributed by atoms with E-state index in [9.17, 15) is 19.8 Å². The molecule has 1 aliphatic heterocycles. The van der Waals surface area contributed by atoms with Gasteiger partial charge in [0, 0.05) is 12.8 Å². The van der Waals surface area contributed by atoms with Crippen molar-refractivity contribution in [3.8, 4) is 0 Å². The van der Waals surface area contributed by atoms with Crippen LogP contribution in [0.4, 0.5) is 0 Å². The molecule has 3 aliphatic rings. The van der Waals surface area contributed by atoms with Crippen LogP contribution in [0.2, 0.25) is 0 Å². The van der Waals surface area contributed by atoms with Gasteiger partial charge in [0.25, 0.3) is 0 Å². The predicted molar refractivity (Wildman–Crippen MR) is 111 cm³/mol. The normalized spacial score (nSPS) is 40.6. The Bertz CT molecular complexity index is 853. The molecule has 1 aromatic carbocycles. The Morgan fingerprint density at radius 1 is 1.16 bits per heavy atom. The summed E-state index contributed by atoms with van der Waals surface area (Å²) in [5.41, 5.74) is -2.50. The largest absolute Gasteiger partial charge is 0.458 e. The van der Waals surface area contributed by atoms with Crippen LogP contribution in [-0.2, 0) is 19.0 Å².